The molecule has 1 fully saturated rings. The summed E-state index contributed by atoms with van der Waals surface area (Å²) in [6, 6.07) is 8.10. The quantitative estimate of drug-likeness (QED) is 0.793. The van der Waals surface area contributed by atoms with E-state index in [1.54, 1.807) is 7.11 Å². The first kappa shape index (κ1) is 11.3. The van der Waals surface area contributed by atoms with E-state index in [1.807, 2.05) is 18.2 Å². The van der Waals surface area contributed by atoms with Crippen LogP contribution < -0.4 is 10.6 Å². The van der Waals surface area contributed by atoms with Crippen molar-refractivity contribution in [1.82, 2.24) is 0 Å². The molecule has 1 aliphatic rings. The van der Waals surface area contributed by atoms with E-state index in [-0.39, 0.29) is 0 Å². The third-order valence-electron chi connectivity index (χ3n) is 3.20. The predicted octanol–water partition coefficient (Wildman–Crippen LogP) is 2.13. The topological polar surface area (TPSA) is 38.5 Å². The summed E-state index contributed by atoms with van der Waals surface area (Å²) in [5, 5.41) is 0. The Labute approximate surface area is 97.2 Å². The summed E-state index contributed by atoms with van der Waals surface area (Å²) >= 11 is 0. The Kier molecular flexibility index (Phi) is 3.67. The van der Waals surface area contributed by atoms with Crippen LogP contribution in [-0.2, 0) is 4.74 Å². The number of benzene rings is 1. The highest BCUT2D eigenvalue weighted by molar-refractivity contribution is 5.67. The first-order valence-corrected chi connectivity index (χ1v) is 5.89. The van der Waals surface area contributed by atoms with Crippen LogP contribution in [0, 0.1) is 5.92 Å². The number of nitrogen functional groups attached to an aromatic ring is 1. The van der Waals surface area contributed by atoms with Gasteiger partial charge < -0.3 is 15.4 Å². The average Bonchev–Trinajstić information content (AvgIpc) is 2.30. The number of hydrogen-bond donors (Lipinski definition) is 1. The number of methoxy groups -OCH3 is 1. The van der Waals surface area contributed by atoms with Crippen LogP contribution in [0.15, 0.2) is 24.3 Å². The van der Waals surface area contributed by atoms with Gasteiger partial charge in [0.15, 0.2) is 0 Å². The number of rotatable bonds is 3. The van der Waals surface area contributed by atoms with Crippen LogP contribution in [0.3, 0.4) is 0 Å². The third-order valence-corrected chi connectivity index (χ3v) is 3.20. The highest BCUT2D eigenvalue weighted by Crippen LogP contribution is 2.27. The molecule has 0 unspecified atom stereocenters. The van der Waals surface area contributed by atoms with Gasteiger partial charge in [0.05, 0.1) is 18.0 Å². The summed E-state index contributed by atoms with van der Waals surface area (Å²) < 4.78 is 5.24. The Bertz CT molecular complexity index is 338. The summed E-state index contributed by atoms with van der Waals surface area (Å²) in [6.07, 6.45) is 2.49. The highest BCUT2D eigenvalue weighted by Gasteiger charge is 2.20. The van der Waals surface area contributed by atoms with Gasteiger partial charge in [0.25, 0.3) is 0 Å². The number of anilines is 2. The van der Waals surface area contributed by atoms with Gasteiger partial charge in [-0.3, -0.25) is 0 Å². The zero-order valence-electron chi connectivity index (χ0n) is 9.86. The lowest BCUT2D eigenvalue weighted by Crippen LogP contribution is -2.37. The van der Waals surface area contributed by atoms with E-state index >= 15 is 0 Å². The van der Waals surface area contributed by atoms with Gasteiger partial charge >= 0.3 is 0 Å². The van der Waals surface area contributed by atoms with Crippen molar-refractivity contribution < 1.29 is 4.74 Å². The number of piperidine rings is 1. The summed E-state index contributed by atoms with van der Waals surface area (Å²) in [4.78, 5) is 2.38. The van der Waals surface area contributed by atoms with Crippen LogP contribution in [0.25, 0.3) is 0 Å². The number of nitrogens with zero attached hydrogens (tertiary/aromatic N) is 1. The molecule has 3 nitrogen and oxygen atoms in total. The van der Waals surface area contributed by atoms with Gasteiger partial charge in [-0.2, -0.15) is 0 Å². The fourth-order valence-corrected chi connectivity index (χ4v) is 2.43. The second kappa shape index (κ2) is 5.21. The molecule has 3 heteroatoms. The third kappa shape index (κ3) is 2.47. The van der Waals surface area contributed by atoms with E-state index in [9.17, 15) is 0 Å². The van der Waals surface area contributed by atoms with Crippen LogP contribution in [0.5, 0.6) is 0 Å². The lowest BCUT2D eigenvalue weighted by Gasteiger charge is -2.34. The molecule has 0 radical (unpaired) electrons. The Hall–Kier alpha value is -1.22. The van der Waals surface area contributed by atoms with E-state index < -0.39 is 0 Å². The summed E-state index contributed by atoms with van der Waals surface area (Å²) in [7, 11) is 1.77. The van der Waals surface area contributed by atoms with E-state index in [0.717, 1.165) is 25.4 Å². The fourth-order valence-electron chi connectivity index (χ4n) is 2.43. The van der Waals surface area contributed by atoms with Crippen molar-refractivity contribution >= 4 is 11.4 Å². The first-order chi connectivity index (χ1) is 7.81. The van der Waals surface area contributed by atoms with Crippen LogP contribution in [0.4, 0.5) is 11.4 Å². The SMILES string of the molecule is COC[C@@H]1CCCN(c2ccccc2N)C1. The van der Waals surface area contributed by atoms with E-state index in [2.05, 4.69) is 11.0 Å². The molecule has 1 heterocycles. The molecule has 1 aliphatic heterocycles. The molecule has 1 atom stereocenters. The fraction of sp³-hybridized carbons (Fsp3) is 0.538. The molecule has 0 amide bonds. The van der Waals surface area contributed by atoms with Gasteiger partial charge in [0, 0.05) is 20.2 Å². The number of ether oxygens (including phenoxy) is 1. The summed E-state index contributed by atoms with van der Waals surface area (Å²) in [5.74, 6) is 0.637. The minimum atomic E-state index is 0.637. The van der Waals surface area contributed by atoms with Crippen LogP contribution >= 0.6 is 0 Å². The average molecular weight is 220 g/mol. The van der Waals surface area contributed by atoms with Gasteiger partial charge in [-0.25, -0.2) is 0 Å². The summed E-state index contributed by atoms with van der Waals surface area (Å²) in [6.45, 7) is 3.01. The monoisotopic (exact) mass is 220 g/mol. The molecule has 2 rings (SSSR count). The first-order valence-electron chi connectivity index (χ1n) is 5.89. The number of para-hydroxylation sites is 2. The number of nitrogens with two attached hydrogens (primary N) is 1. The van der Waals surface area contributed by atoms with Crippen molar-refractivity contribution in [3.8, 4) is 0 Å². The zero-order chi connectivity index (χ0) is 11.4. The second-order valence-corrected chi connectivity index (χ2v) is 4.47. The van der Waals surface area contributed by atoms with Crippen LogP contribution in [0.1, 0.15) is 12.8 Å². The molecular formula is C13H20N2O. The Morgan fingerprint density at radius 2 is 2.25 bits per heavy atom. The van der Waals surface area contributed by atoms with Crippen LogP contribution in [-0.4, -0.2) is 26.8 Å². The lowest BCUT2D eigenvalue weighted by molar-refractivity contribution is 0.143. The second-order valence-electron chi connectivity index (χ2n) is 4.47. The molecule has 0 aliphatic carbocycles. The van der Waals surface area contributed by atoms with Crippen molar-refractivity contribution in [2.75, 3.05) is 37.4 Å². The molecule has 0 spiro atoms. The predicted molar refractivity (Wildman–Crippen MR) is 67.7 cm³/mol. The molecular weight excluding hydrogens is 200 g/mol. The maximum Gasteiger partial charge on any atom is 0.0600 e. The largest absolute Gasteiger partial charge is 0.397 e. The van der Waals surface area contributed by atoms with Gasteiger partial charge in [-0.1, -0.05) is 12.1 Å². The van der Waals surface area contributed by atoms with Crippen molar-refractivity contribution in [3.05, 3.63) is 24.3 Å². The molecule has 1 aromatic carbocycles. The van der Waals surface area contributed by atoms with Crippen molar-refractivity contribution in [3.63, 3.8) is 0 Å². The van der Waals surface area contributed by atoms with Gasteiger partial charge in [0.2, 0.25) is 0 Å². The number of hydrogen-bond acceptors (Lipinski definition) is 3. The standard InChI is InChI=1S/C13H20N2O/c1-16-10-11-5-4-8-15(9-11)13-7-3-2-6-12(13)14/h2-3,6-7,11H,4-5,8-10,14H2,1H3/t11-/m1/s1. The van der Waals surface area contributed by atoms with Crippen molar-refractivity contribution in [2.24, 2.45) is 5.92 Å². The Balaban J connectivity index is 2.07. The van der Waals surface area contributed by atoms with Gasteiger partial charge in [0.1, 0.15) is 0 Å². The summed E-state index contributed by atoms with van der Waals surface area (Å²) in [5.41, 5.74) is 8.04. The van der Waals surface area contributed by atoms with Crippen LogP contribution in [0.2, 0.25) is 0 Å². The van der Waals surface area contributed by atoms with Gasteiger partial charge in [-0.05, 0) is 30.9 Å². The van der Waals surface area contributed by atoms with E-state index in [0.29, 0.717) is 5.92 Å². The Morgan fingerprint density at radius 3 is 3.00 bits per heavy atom. The molecule has 0 bridgehead atoms. The maximum absolute atomic E-state index is 6.00. The van der Waals surface area contributed by atoms with Gasteiger partial charge in [-0.15, -0.1) is 0 Å². The molecule has 1 saturated heterocycles. The molecule has 16 heavy (non-hydrogen) atoms. The highest BCUT2D eigenvalue weighted by atomic mass is 16.5. The van der Waals surface area contributed by atoms with E-state index in [1.165, 1.54) is 18.5 Å². The molecule has 88 valence electrons. The van der Waals surface area contributed by atoms with Crippen molar-refractivity contribution in [2.45, 2.75) is 12.8 Å². The van der Waals surface area contributed by atoms with Crippen molar-refractivity contribution in [1.29, 1.82) is 0 Å². The smallest absolute Gasteiger partial charge is 0.0600 e. The minimum Gasteiger partial charge on any atom is -0.397 e. The minimum absolute atomic E-state index is 0.637. The zero-order valence-corrected chi connectivity index (χ0v) is 9.86. The molecule has 1 aromatic rings. The normalized spacial score (nSPS) is 21.1. The lowest BCUT2D eigenvalue weighted by atomic mass is 9.98. The molecule has 0 aromatic heterocycles. The Morgan fingerprint density at radius 1 is 1.44 bits per heavy atom. The molecule has 2 N–H and O–H groups in total. The maximum atomic E-state index is 6.00. The van der Waals surface area contributed by atoms with E-state index in [4.69, 9.17) is 10.5 Å². The molecule has 0 saturated carbocycles.